The van der Waals surface area contributed by atoms with Gasteiger partial charge in [0.25, 0.3) is 0 Å². The van der Waals surface area contributed by atoms with Crippen molar-refractivity contribution >= 4 is 17.7 Å². The first-order valence-electron chi connectivity index (χ1n) is 8.90. The minimum Gasteiger partial charge on any atom is -0.507 e. The molecule has 5 heteroatoms. The number of phenolic OH excluding ortho intramolecular Hbond substituents is 1. The van der Waals surface area contributed by atoms with Crippen LogP contribution in [0.3, 0.4) is 0 Å². The molecule has 0 aromatic heterocycles. The van der Waals surface area contributed by atoms with Crippen LogP contribution in [-0.2, 0) is 6.54 Å². The average molecular weight is 350 g/mol. The number of hydrogen-bond donors (Lipinski definition) is 3. The molecular formula is C19H31N3OS. The molecule has 3 N–H and O–H groups in total. The number of aliphatic imine (C=N–C) groups is 1. The molecule has 0 heterocycles. The van der Waals surface area contributed by atoms with E-state index in [2.05, 4.69) is 23.8 Å². The highest BCUT2D eigenvalue weighted by Crippen LogP contribution is 2.27. The van der Waals surface area contributed by atoms with Gasteiger partial charge in [-0.25, -0.2) is 4.99 Å². The van der Waals surface area contributed by atoms with Crippen molar-refractivity contribution in [3.63, 3.8) is 0 Å². The van der Waals surface area contributed by atoms with Crippen LogP contribution < -0.4 is 10.6 Å². The molecule has 2 unspecified atom stereocenters. The molecule has 1 aromatic carbocycles. The van der Waals surface area contributed by atoms with Gasteiger partial charge in [0.2, 0.25) is 0 Å². The number of nitrogens with one attached hydrogen (secondary N) is 2. The fraction of sp³-hybridized carbons (Fsp3) is 0.632. The number of aryl methyl sites for hydroxylation is 2. The van der Waals surface area contributed by atoms with E-state index in [0.717, 1.165) is 34.4 Å². The molecule has 0 bridgehead atoms. The van der Waals surface area contributed by atoms with Crippen LogP contribution in [0.15, 0.2) is 17.1 Å². The third-order valence-corrected chi connectivity index (χ3v) is 5.71. The normalized spacial score (nSPS) is 21.6. The van der Waals surface area contributed by atoms with Crippen molar-refractivity contribution in [2.45, 2.75) is 64.3 Å². The maximum absolute atomic E-state index is 9.89. The van der Waals surface area contributed by atoms with Gasteiger partial charge in [-0.2, -0.15) is 11.8 Å². The number of benzene rings is 1. The first-order valence-corrected chi connectivity index (χ1v) is 10.2. The molecular weight excluding hydrogens is 318 g/mol. The predicted molar refractivity (Wildman–Crippen MR) is 105 cm³/mol. The number of rotatable bonds is 5. The van der Waals surface area contributed by atoms with Gasteiger partial charge in [0.1, 0.15) is 5.75 Å². The van der Waals surface area contributed by atoms with E-state index in [1.54, 1.807) is 0 Å². The lowest BCUT2D eigenvalue weighted by Crippen LogP contribution is -2.45. The van der Waals surface area contributed by atoms with Crippen LogP contribution in [0, 0.1) is 13.8 Å². The second-order valence-corrected chi connectivity index (χ2v) is 7.78. The van der Waals surface area contributed by atoms with Crippen molar-refractivity contribution < 1.29 is 5.11 Å². The van der Waals surface area contributed by atoms with Gasteiger partial charge in [0.05, 0.1) is 6.54 Å². The standard InChI is InChI=1S/C19H31N3OS/c1-5-20-19(22-16-7-6-8-17(11-16)24-4)21-12-15-9-13(2)18(23)14(3)10-15/h9-10,16-17,23H,5-8,11-12H2,1-4H3,(H2,20,21,22). The fourth-order valence-electron chi connectivity index (χ4n) is 3.31. The summed E-state index contributed by atoms with van der Waals surface area (Å²) in [5.41, 5.74) is 2.95. The lowest BCUT2D eigenvalue weighted by Gasteiger charge is -2.29. The largest absolute Gasteiger partial charge is 0.507 e. The van der Waals surface area contributed by atoms with Crippen molar-refractivity contribution in [1.29, 1.82) is 0 Å². The third-order valence-electron chi connectivity index (χ3n) is 4.62. The number of guanidine groups is 1. The van der Waals surface area contributed by atoms with E-state index in [4.69, 9.17) is 4.99 Å². The van der Waals surface area contributed by atoms with Gasteiger partial charge in [0.15, 0.2) is 5.96 Å². The molecule has 0 spiro atoms. The molecule has 0 amide bonds. The van der Waals surface area contributed by atoms with Crippen LogP contribution >= 0.6 is 11.8 Å². The van der Waals surface area contributed by atoms with Crippen LogP contribution in [-0.4, -0.2) is 35.2 Å². The lowest BCUT2D eigenvalue weighted by molar-refractivity contribution is 0.419. The number of thioether (sulfide) groups is 1. The Morgan fingerprint density at radius 2 is 2.00 bits per heavy atom. The molecule has 24 heavy (non-hydrogen) atoms. The monoisotopic (exact) mass is 349 g/mol. The average Bonchev–Trinajstić information content (AvgIpc) is 2.57. The van der Waals surface area contributed by atoms with Crippen LogP contribution in [0.1, 0.15) is 49.3 Å². The number of hydrogen-bond acceptors (Lipinski definition) is 3. The first-order chi connectivity index (χ1) is 11.5. The second-order valence-electron chi connectivity index (χ2n) is 6.64. The minimum absolute atomic E-state index is 0.387. The van der Waals surface area contributed by atoms with Crippen LogP contribution in [0.25, 0.3) is 0 Å². The van der Waals surface area contributed by atoms with E-state index < -0.39 is 0 Å². The molecule has 0 saturated heterocycles. The summed E-state index contributed by atoms with van der Waals surface area (Å²) in [5, 5.41) is 17.6. The summed E-state index contributed by atoms with van der Waals surface area (Å²) in [6.45, 7) is 7.44. The Balaban J connectivity index is 2.02. The Morgan fingerprint density at radius 1 is 1.29 bits per heavy atom. The molecule has 1 aliphatic carbocycles. The van der Waals surface area contributed by atoms with Crippen molar-refractivity contribution in [3.8, 4) is 5.75 Å². The van der Waals surface area contributed by atoms with Gasteiger partial charge in [-0.3, -0.25) is 0 Å². The topological polar surface area (TPSA) is 56.7 Å². The number of phenols is 1. The Bertz CT molecular complexity index is 551. The molecule has 1 fully saturated rings. The maximum Gasteiger partial charge on any atom is 0.191 e. The zero-order chi connectivity index (χ0) is 17.5. The SMILES string of the molecule is CCNC(=NCc1cc(C)c(O)c(C)c1)NC1CCCC(SC)C1. The van der Waals surface area contributed by atoms with E-state index in [9.17, 15) is 5.11 Å². The summed E-state index contributed by atoms with van der Waals surface area (Å²) in [6.07, 6.45) is 7.27. The van der Waals surface area contributed by atoms with Crippen LogP contribution in [0.4, 0.5) is 0 Å². The van der Waals surface area contributed by atoms with E-state index in [0.29, 0.717) is 18.3 Å². The van der Waals surface area contributed by atoms with E-state index >= 15 is 0 Å². The minimum atomic E-state index is 0.387. The Morgan fingerprint density at radius 3 is 2.62 bits per heavy atom. The summed E-state index contributed by atoms with van der Waals surface area (Å²) >= 11 is 1.98. The molecule has 2 atom stereocenters. The number of aromatic hydroxyl groups is 1. The lowest BCUT2D eigenvalue weighted by atomic mass is 9.95. The van der Waals surface area contributed by atoms with Crippen molar-refractivity contribution in [3.05, 3.63) is 28.8 Å². The van der Waals surface area contributed by atoms with Gasteiger partial charge in [-0.15, -0.1) is 0 Å². The second kappa shape index (κ2) is 9.21. The van der Waals surface area contributed by atoms with Crippen molar-refractivity contribution in [2.75, 3.05) is 12.8 Å². The molecule has 134 valence electrons. The fourth-order valence-corrected chi connectivity index (χ4v) is 4.14. The Hall–Kier alpha value is -1.36. The quantitative estimate of drug-likeness (QED) is 0.560. The highest BCUT2D eigenvalue weighted by molar-refractivity contribution is 7.99. The van der Waals surface area contributed by atoms with Gasteiger partial charge < -0.3 is 15.7 Å². The summed E-state index contributed by atoms with van der Waals surface area (Å²) in [6, 6.07) is 4.54. The highest BCUT2D eigenvalue weighted by Gasteiger charge is 2.21. The third kappa shape index (κ3) is 5.33. The molecule has 0 radical (unpaired) electrons. The Kier molecular flexibility index (Phi) is 7.28. The number of nitrogens with zero attached hydrogens (tertiary/aromatic N) is 1. The molecule has 1 aliphatic rings. The highest BCUT2D eigenvalue weighted by atomic mass is 32.2. The van der Waals surface area contributed by atoms with Crippen LogP contribution in [0.5, 0.6) is 5.75 Å². The predicted octanol–water partition coefficient (Wildman–Crippen LogP) is 3.74. The van der Waals surface area contributed by atoms with Crippen molar-refractivity contribution in [1.82, 2.24) is 10.6 Å². The summed E-state index contributed by atoms with van der Waals surface area (Å²) in [4.78, 5) is 4.75. The van der Waals surface area contributed by atoms with Gasteiger partial charge >= 0.3 is 0 Å². The zero-order valence-electron chi connectivity index (χ0n) is 15.4. The van der Waals surface area contributed by atoms with Crippen LogP contribution in [0.2, 0.25) is 0 Å². The first kappa shape index (κ1) is 19.0. The molecule has 1 aromatic rings. The van der Waals surface area contributed by atoms with E-state index in [1.165, 1.54) is 25.7 Å². The summed E-state index contributed by atoms with van der Waals surface area (Å²) in [5.74, 6) is 1.28. The van der Waals surface area contributed by atoms with E-state index in [1.807, 2.05) is 37.7 Å². The summed E-state index contributed by atoms with van der Waals surface area (Å²) in [7, 11) is 0. The smallest absolute Gasteiger partial charge is 0.191 e. The Labute approximate surface area is 150 Å². The molecule has 2 rings (SSSR count). The molecule has 0 aliphatic heterocycles. The molecule has 1 saturated carbocycles. The van der Waals surface area contributed by atoms with Gasteiger partial charge in [0, 0.05) is 17.8 Å². The van der Waals surface area contributed by atoms with Crippen molar-refractivity contribution in [2.24, 2.45) is 4.99 Å². The summed E-state index contributed by atoms with van der Waals surface area (Å²) < 4.78 is 0. The maximum atomic E-state index is 9.89. The van der Waals surface area contributed by atoms with E-state index in [-0.39, 0.29) is 0 Å². The van der Waals surface area contributed by atoms with Gasteiger partial charge in [-0.1, -0.05) is 18.6 Å². The zero-order valence-corrected chi connectivity index (χ0v) is 16.2. The van der Waals surface area contributed by atoms with Gasteiger partial charge in [-0.05, 0) is 63.0 Å². The molecule has 4 nitrogen and oxygen atoms in total.